The maximum Gasteiger partial charge on any atom is 0.472 e. The van der Waals surface area contributed by atoms with E-state index < -0.39 is 75.7 Å². The van der Waals surface area contributed by atoms with E-state index in [2.05, 4.69) is 50.3 Å². The van der Waals surface area contributed by atoms with Crippen molar-refractivity contribution in [2.75, 3.05) is 13.2 Å². The summed E-state index contributed by atoms with van der Waals surface area (Å²) in [6.07, 6.45) is 27.0. The topological polar surface area (TPSA) is 227 Å². The van der Waals surface area contributed by atoms with E-state index in [1.54, 1.807) is 12.2 Å². The number of phosphoric acid groups is 1. The summed E-state index contributed by atoms with van der Waals surface area (Å²) in [7, 11) is -5.18. The quantitative estimate of drug-likeness (QED) is 0.00865. The van der Waals surface area contributed by atoms with Gasteiger partial charge in [-0.25, -0.2) is 4.57 Å². The lowest BCUT2D eigenvalue weighted by molar-refractivity contribution is -0.220. The first-order valence-electron chi connectivity index (χ1n) is 23.0. The lowest BCUT2D eigenvalue weighted by Crippen LogP contribution is -2.64. The molecule has 62 heavy (non-hydrogen) atoms. The molecule has 1 fully saturated rings. The molecule has 1 aliphatic carbocycles. The number of aliphatic hydroxyl groups excluding tert-OH is 5. The van der Waals surface area contributed by atoms with Gasteiger partial charge >= 0.3 is 19.8 Å². The molecule has 1 aliphatic rings. The van der Waals surface area contributed by atoms with Crippen LogP contribution in [0, 0.1) is 0 Å². The van der Waals surface area contributed by atoms with Gasteiger partial charge in [-0.1, -0.05) is 133 Å². The van der Waals surface area contributed by atoms with E-state index in [9.17, 15) is 49.4 Å². The molecule has 0 aromatic heterocycles. The number of ether oxygens (including phenoxy) is 2. The Morgan fingerprint density at radius 1 is 0.548 bits per heavy atom. The zero-order valence-electron chi connectivity index (χ0n) is 37.4. The van der Waals surface area contributed by atoms with Crippen LogP contribution in [0.4, 0.5) is 0 Å². The van der Waals surface area contributed by atoms with Gasteiger partial charge in [0.05, 0.1) is 6.61 Å². The normalized spacial score (nSPS) is 22.3. The number of esters is 2. The monoisotopic (exact) mass is 899 g/mol. The molecule has 0 aromatic rings. The van der Waals surface area contributed by atoms with Crippen molar-refractivity contribution in [2.45, 2.75) is 204 Å². The molecule has 0 radical (unpaired) electrons. The van der Waals surface area contributed by atoms with Gasteiger partial charge in [0.15, 0.2) is 11.9 Å². The number of phosphoric ester groups is 1. The van der Waals surface area contributed by atoms with Gasteiger partial charge in [-0.15, -0.1) is 0 Å². The Labute approximate surface area is 370 Å². The molecule has 1 rings (SSSR count). The molecule has 0 aromatic carbocycles. The maximum absolute atomic E-state index is 12.8. The first kappa shape index (κ1) is 57.2. The fourth-order valence-electron chi connectivity index (χ4n) is 6.53. The summed E-state index contributed by atoms with van der Waals surface area (Å²) >= 11 is 0. The average molecular weight is 899 g/mol. The van der Waals surface area contributed by atoms with Gasteiger partial charge in [-0.05, 0) is 70.3 Å². The second-order valence-electron chi connectivity index (χ2n) is 15.9. The highest BCUT2D eigenvalue weighted by molar-refractivity contribution is 7.47. The van der Waals surface area contributed by atoms with Crippen LogP contribution in [0.15, 0.2) is 60.8 Å². The standard InChI is InChI=1S/C47H79O14P/c1-3-5-7-9-11-13-15-17-18-20-22-24-26-28-30-34-41(50)60-39(37-59-62(56,57)61-47-45(54)43(52)42(51)44(53)46(47)55)36-58-40(49)35-31-33-38(48)32-29-27-25-23-21-19-16-14-12-10-8-6-4-2/h12,14,17-19,21,25,27,29,32,39,42-47,51-55H,3-11,13,15-16,20,22-24,26,28,30-31,33-37H2,1-2H3,(H,56,57)/b14-12-,18-17-,21-19-,27-25-,32-29+/t39-,42?,43-,44+,45-,46-,47?/m1/s1. The van der Waals surface area contributed by atoms with Crippen molar-refractivity contribution < 1.29 is 67.9 Å². The van der Waals surface area contributed by atoms with Crippen LogP contribution in [-0.2, 0) is 37.5 Å². The summed E-state index contributed by atoms with van der Waals surface area (Å²) in [5, 5.41) is 50.1. The van der Waals surface area contributed by atoms with Crippen molar-refractivity contribution in [3.05, 3.63) is 60.8 Å². The summed E-state index contributed by atoms with van der Waals surface area (Å²) in [6, 6.07) is 0. The minimum absolute atomic E-state index is 0.0345. The molecule has 0 spiro atoms. The Morgan fingerprint density at radius 3 is 1.66 bits per heavy atom. The number of hydrogen-bond donors (Lipinski definition) is 6. The number of hydrogen-bond acceptors (Lipinski definition) is 13. The maximum atomic E-state index is 12.8. The molecule has 8 atom stereocenters. The molecule has 0 saturated heterocycles. The van der Waals surface area contributed by atoms with Crippen molar-refractivity contribution in [1.29, 1.82) is 0 Å². The number of carbonyl (C=O) groups is 3. The molecule has 3 unspecified atom stereocenters. The fourth-order valence-corrected chi connectivity index (χ4v) is 7.50. The average Bonchev–Trinajstić information content (AvgIpc) is 3.25. The minimum Gasteiger partial charge on any atom is -0.462 e. The first-order chi connectivity index (χ1) is 29.8. The Hall–Kier alpha value is -2.78. The van der Waals surface area contributed by atoms with Crippen LogP contribution < -0.4 is 0 Å². The second kappa shape index (κ2) is 36.5. The zero-order chi connectivity index (χ0) is 45.9. The molecule has 0 heterocycles. The van der Waals surface area contributed by atoms with Crippen molar-refractivity contribution in [2.24, 2.45) is 0 Å². The Balaban J connectivity index is 2.56. The third kappa shape index (κ3) is 28.8. The molecular formula is C47H79O14P. The van der Waals surface area contributed by atoms with Crippen LogP contribution in [0.5, 0.6) is 0 Å². The number of carbonyl (C=O) groups excluding carboxylic acids is 3. The Morgan fingerprint density at radius 2 is 1.03 bits per heavy atom. The third-order valence-electron chi connectivity index (χ3n) is 10.3. The van der Waals surface area contributed by atoms with Crippen LogP contribution in [0.25, 0.3) is 0 Å². The molecule has 356 valence electrons. The highest BCUT2D eigenvalue weighted by Gasteiger charge is 2.51. The summed E-state index contributed by atoms with van der Waals surface area (Å²) in [6.45, 7) is 3.04. The largest absolute Gasteiger partial charge is 0.472 e. The highest BCUT2D eigenvalue weighted by Crippen LogP contribution is 2.47. The van der Waals surface area contributed by atoms with E-state index in [1.165, 1.54) is 63.9 Å². The van der Waals surface area contributed by atoms with Crippen molar-refractivity contribution in [3.63, 3.8) is 0 Å². The Bertz CT molecular complexity index is 1380. The van der Waals surface area contributed by atoms with Crippen LogP contribution in [-0.4, -0.2) is 104 Å². The Kier molecular flexibility index (Phi) is 33.7. The van der Waals surface area contributed by atoms with E-state index in [4.69, 9.17) is 18.5 Å². The molecule has 0 aliphatic heterocycles. The third-order valence-corrected chi connectivity index (χ3v) is 11.3. The fraction of sp³-hybridized carbons (Fsp3) is 0.723. The minimum atomic E-state index is -5.18. The number of aliphatic hydroxyl groups is 5. The summed E-state index contributed by atoms with van der Waals surface area (Å²) in [5.74, 6) is -1.54. The molecule has 1 saturated carbocycles. The molecule has 14 nitrogen and oxygen atoms in total. The lowest BCUT2D eigenvalue weighted by atomic mass is 9.85. The molecule has 15 heteroatoms. The van der Waals surface area contributed by atoms with E-state index in [-0.39, 0.29) is 31.5 Å². The number of allylic oxidation sites excluding steroid dienone is 10. The first-order valence-corrected chi connectivity index (χ1v) is 24.5. The van der Waals surface area contributed by atoms with Crippen molar-refractivity contribution in [1.82, 2.24) is 0 Å². The predicted molar refractivity (Wildman–Crippen MR) is 240 cm³/mol. The van der Waals surface area contributed by atoms with E-state index in [1.807, 2.05) is 6.08 Å². The summed E-state index contributed by atoms with van der Waals surface area (Å²) in [4.78, 5) is 47.9. The highest BCUT2D eigenvalue weighted by atomic mass is 31.2. The number of ketones is 1. The second-order valence-corrected chi connectivity index (χ2v) is 17.3. The van der Waals surface area contributed by atoms with Gasteiger partial charge < -0.3 is 39.9 Å². The van der Waals surface area contributed by atoms with Crippen LogP contribution in [0.2, 0.25) is 0 Å². The molecule has 0 amide bonds. The number of unbranched alkanes of at least 4 members (excludes halogenated alkanes) is 14. The van der Waals surface area contributed by atoms with Gasteiger partial charge in [0.25, 0.3) is 0 Å². The van der Waals surface area contributed by atoms with Crippen molar-refractivity contribution >= 4 is 25.5 Å². The van der Waals surface area contributed by atoms with Crippen molar-refractivity contribution in [3.8, 4) is 0 Å². The SMILES string of the molecule is CCCCC/C=C\C/C=C\C/C=C\C=C\C(=O)CCCC(=O)OC[C@H](COP(=O)(O)OC1[C@H](O)[C@H](O)C(O)[C@H](O)[C@H]1O)OC(=O)CCCCCCC/C=C\CCCCCCCC. The summed E-state index contributed by atoms with van der Waals surface area (Å²) < 4.78 is 33.3. The predicted octanol–water partition coefficient (Wildman–Crippen LogP) is 8.12. The van der Waals surface area contributed by atoms with E-state index in [0.717, 1.165) is 57.8 Å². The van der Waals surface area contributed by atoms with Crippen LogP contribution in [0.1, 0.15) is 162 Å². The number of rotatable bonds is 37. The van der Waals surface area contributed by atoms with Crippen LogP contribution in [0.3, 0.4) is 0 Å². The van der Waals surface area contributed by atoms with E-state index >= 15 is 0 Å². The smallest absolute Gasteiger partial charge is 0.462 e. The van der Waals surface area contributed by atoms with Gasteiger partial charge in [0, 0.05) is 19.3 Å². The van der Waals surface area contributed by atoms with E-state index in [0.29, 0.717) is 6.42 Å². The van der Waals surface area contributed by atoms with Crippen LogP contribution >= 0.6 is 7.82 Å². The molecular weight excluding hydrogens is 819 g/mol. The molecule has 6 N–H and O–H groups in total. The lowest BCUT2D eigenvalue weighted by Gasteiger charge is -2.41. The van der Waals surface area contributed by atoms with Gasteiger partial charge in [0.2, 0.25) is 0 Å². The molecule has 0 bridgehead atoms. The summed E-state index contributed by atoms with van der Waals surface area (Å²) in [5.41, 5.74) is 0. The zero-order valence-corrected chi connectivity index (χ0v) is 38.3. The van der Waals surface area contributed by atoms with Gasteiger partial charge in [0.1, 0.15) is 43.2 Å². The van der Waals surface area contributed by atoms with Gasteiger partial charge in [-0.3, -0.25) is 23.4 Å². The van der Waals surface area contributed by atoms with Gasteiger partial charge in [-0.2, -0.15) is 0 Å².